The van der Waals surface area contributed by atoms with Crippen molar-refractivity contribution in [1.29, 1.82) is 0 Å². The molecule has 0 aliphatic heterocycles. The molecule has 0 bridgehead atoms. The second kappa shape index (κ2) is 4.60. The Bertz CT molecular complexity index is 531. The van der Waals surface area contributed by atoms with E-state index < -0.39 is 9.84 Å². The number of ketones is 1. The van der Waals surface area contributed by atoms with Gasteiger partial charge in [-0.1, -0.05) is 6.92 Å². The number of sulfone groups is 1. The predicted octanol–water partition coefficient (Wildman–Crippen LogP) is 0.837. The number of rotatable bonds is 4. The number of Topliss-reactive ketones (excluding diaryl/α,β-unsaturated/α-hetero) is 1. The van der Waals surface area contributed by atoms with E-state index in [1.54, 1.807) is 17.8 Å². The largest absolute Gasteiger partial charge is 0.294 e. The number of carbonyl (C=O) groups excluding carboxylic acids is 1. The number of aromatic nitrogens is 2. The fourth-order valence-electron chi connectivity index (χ4n) is 2.02. The summed E-state index contributed by atoms with van der Waals surface area (Å²) in [4.78, 5) is 11.6. The quantitative estimate of drug-likeness (QED) is 0.800. The summed E-state index contributed by atoms with van der Waals surface area (Å²) in [6.45, 7) is 1.98. The highest BCUT2D eigenvalue weighted by Gasteiger charge is 2.22. The van der Waals surface area contributed by atoms with E-state index in [1.165, 1.54) is 0 Å². The fourth-order valence-corrected chi connectivity index (χ4v) is 2.76. The van der Waals surface area contributed by atoms with Crippen molar-refractivity contribution in [1.82, 2.24) is 9.78 Å². The molecule has 1 aromatic rings. The van der Waals surface area contributed by atoms with E-state index in [4.69, 9.17) is 0 Å². The van der Waals surface area contributed by atoms with Gasteiger partial charge in [0.15, 0.2) is 15.6 Å². The molecule has 0 radical (unpaired) electrons. The van der Waals surface area contributed by atoms with Gasteiger partial charge < -0.3 is 0 Å². The molecule has 1 aliphatic rings. The summed E-state index contributed by atoms with van der Waals surface area (Å²) in [6.07, 6.45) is 3.78. The SMILES string of the molecule is CCS(=O)(=O)CCn1ncc2c1CCCC2=O. The maximum absolute atomic E-state index is 11.6. The number of aryl methyl sites for hydroxylation is 1. The molecule has 1 heterocycles. The van der Waals surface area contributed by atoms with Gasteiger partial charge in [-0.2, -0.15) is 5.10 Å². The van der Waals surface area contributed by atoms with Crippen molar-refractivity contribution in [2.75, 3.05) is 11.5 Å². The van der Waals surface area contributed by atoms with Gasteiger partial charge in [0.25, 0.3) is 0 Å². The van der Waals surface area contributed by atoms with Crippen molar-refractivity contribution in [2.45, 2.75) is 32.7 Å². The van der Waals surface area contributed by atoms with E-state index in [9.17, 15) is 13.2 Å². The van der Waals surface area contributed by atoms with Gasteiger partial charge in [-0.05, 0) is 12.8 Å². The van der Waals surface area contributed by atoms with E-state index >= 15 is 0 Å². The Morgan fingerprint density at radius 3 is 2.88 bits per heavy atom. The number of nitrogens with zero attached hydrogens (tertiary/aromatic N) is 2. The minimum absolute atomic E-state index is 0.0891. The average molecular weight is 256 g/mol. The first-order chi connectivity index (χ1) is 8.03. The van der Waals surface area contributed by atoms with Gasteiger partial charge in [0, 0.05) is 17.9 Å². The highest BCUT2D eigenvalue weighted by atomic mass is 32.2. The smallest absolute Gasteiger partial charge is 0.166 e. The van der Waals surface area contributed by atoms with Crippen LogP contribution >= 0.6 is 0 Å². The molecule has 94 valence electrons. The van der Waals surface area contributed by atoms with E-state index in [-0.39, 0.29) is 17.3 Å². The average Bonchev–Trinajstić information content (AvgIpc) is 2.71. The Balaban J connectivity index is 2.16. The minimum atomic E-state index is -2.98. The standard InChI is InChI=1S/C11H16N2O3S/c1-2-17(15,16)7-6-13-10-4-3-5-11(14)9(10)8-12-13/h8H,2-7H2,1H3. The summed E-state index contributed by atoms with van der Waals surface area (Å²) in [6, 6.07) is 0. The van der Waals surface area contributed by atoms with Crippen LogP contribution in [-0.4, -0.2) is 35.5 Å². The Morgan fingerprint density at radius 1 is 1.41 bits per heavy atom. The third kappa shape index (κ3) is 2.57. The van der Waals surface area contributed by atoms with Crippen LogP contribution in [0.25, 0.3) is 0 Å². The van der Waals surface area contributed by atoms with Crippen LogP contribution in [0.3, 0.4) is 0 Å². The molecule has 17 heavy (non-hydrogen) atoms. The molecule has 0 fully saturated rings. The molecule has 1 aromatic heterocycles. The third-order valence-corrected chi connectivity index (χ3v) is 4.80. The Labute approximate surface area is 101 Å². The normalized spacial score (nSPS) is 15.9. The predicted molar refractivity (Wildman–Crippen MR) is 63.8 cm³/mol. The summed E-state index contributed by atoms with van der Waals surface area (Å²) in [5, 5.41) is 4.12. The maximum Gasteiger partial charge on any atom is 0.166 e. The molecule has 0 amide bonds. The summed E-state index contributed by atoms with van der Waals surface area (Å²) in [5.74, 6) is 0.358. The van der Waals surface area contributed by atoms with E-state index in [0.717, 1.165) is 18.5 Å². The molecule has 0 atom stereocenters. The first kappa shape index (κ1) is 12.3. The molecule has 0 spiro atoms. The van der Waals surface area contributed by atoms with Crippen LogP contribution < -0.4 is 0 Å². The molecule has 2 rings (SSSR count). The maximum atomic E-state index is 11.6. The van der Waals surface area contributed by atoms with Crippen molar-refractivity contribution in [2.24, 2.45) is 0 Å². The Hall–Kier alpha value is -1.17. The highest BCUT2D eigenvalue weighted by Crippen LogP contribution is 2.20. The second-order valence-electron chi connectivity index (χ2n) is 4.24. The molecule has 5 nitrogen and oxygen atoms in total. The van der Waals surface area contributed by atoms with Gasteiger partial charge in [-0.3, -0.25) is 9.48 Å². The van der Waals surface area contributed by atoms with Crippen LogP contribution in [0, 0.1) is 0 Å². The molecule has 1 aliphatic carbocycles. The van der Waals surface area contributed by atoms with Gasteiger partial charge in [-0.25, -0.2) is 8.42 Å². The summed E-state index contributed by atoms with van der Waals surface area (Å²) in [5.41, 5.74) is 1.57. The summed E-state index contributed by atoms with van der Waals surface area (Å²) in [7, 11) is -2.98. The molecule has 0 saturated heterocycles. The van der Waals surface area contributed by atoms with Gasteiger partial charge in [0.1, 0.15) is 0 Å². The van der Waals surface area contributed by atoms with Crippen molar-refractivity contribution in [3.05, 3.63) is 17.5 Å². The molecule has 0 saturated carbocycles. The fraction of sp³-hybridized carbons (Fsp3) is 0.636. The lowest BCUT2D eigenvalue weighted by molar-refractivity contribution is 0.0972. The van der Waals surface area contributed by atoms with Gasteiger partial charge in [-0.15, -0.1) is 0 Å². The van der Waals surface area contributed by atoms with Crippen LogP contribution in [0.2, 0.25) is 0 Å². The highest BCUT2D eigenvalue weighted by molar-refractivity contribution is 7.91. The van der Waals surface area contributed by atoms with Crippen LogP contribution in [0.1, 0.15) is 35.8 Å². The molecule has 0 unspecified atom stereocenters. The third-order valence-electron chi connectivity index (χ3n) is 3.12. The Morgan fingerprint density at radius 2 is 2.18 bits per heavy atom. The van der Waals surface area contributed by atoms with Crippen molar-refractivity contribution in [3.63, 3.8) is 0 Å². The van der Waals surface area contributed by atoms with Crippen molar-refractivity contribution < 1.29 is 13.2 Å². The van der Waals surface area contributed by atoms with Crippen molar-refractivity contribution in [3.8, 4) is 0 Å². The van der Waals surface area contributed by atoms with Gasteiger partial charge >= 0.3 is 0 Å². The zero-order valence-electron chi connectivity index (χ0n) is 9.85. The molecular formula is C11H16N2O3S. The van der Waals surface area contributed by atoms with E-state index in [2.05, 4.69) is 5.10 Å². The molecule has 0 aromatic carbocycles. The number of hydrogen-bond donors (Lipinski definition) is 0. The Kier molecular flexibility index (Phi) is 3.33. The first-order valence-corrected chi connectivity index (χ1v) is 7.64. The van der Waals surface area contributed by atoms with E-state index in [0.29, 0.717) is 18.5 Å². The van der Waals surface area contributed by atoms with Crippen LogP contribution in [-0.2, 0) is 22.8 Å². The lowest BCUT2D eigenvalue weighted by Crippen LogP contribution is -2.19. The zero-order valence-corrected chi connectivity index (χ0v) is 10.7. The first-order valence-electron chi connectivity index (χ1n) is 5.82. The lowest BCUT2D eigenvalue weighted by atomic mass is 9.97. The number of carbonyl (C=O) groups is 1. The summed E-state index contributed by atoms with van der Waals surface area (Å²) < 4.78 is 24.5. The molecular weight excluding hydrogens is 240 g/mol. The number of fused-ring (bicyclic) bond motifs is 1. The van der Waals surface area contributed by atoms with Gasteiger partial charge in [0.05, 0.1) is 24.1 Å². The monoisotopic (exact) mass is 256 g/mol. The van der Waals surface area contributed by atoms with E-state index in [1.807, 2.05) is 0 Å². The topological polar surface area (TPSA) is 69.0 Å². The zero-order chi connectivity index (χ0) is 12.5. The van der Waals surface area contributed by atoms with Crippen molar-refractivity contribution >= 4 is 15.6 Å². The van der Waals surface area contributed by atoms with Gasteiger partial charge in [0.2, 0.25) is 0 Å². The second-order valence-corrected chi connectivity index (χ2v) is 6.71. The lowest BCUT2D eigenvalue weighted by Gasteiger charge is -2.12. The molecule has 6 heteroatoms. The minimum Gasteiger partial charge on any atom is -0.294 e. The molecule has 0 N–H and O–H groups in total. The summed E-state index contributed by atoms with van der Waals surface area (Å²) >= 11 is 0. The van der Waals surface area contributed by atoms with Crippen LogP contribution in [0.15, 0.2) is 6.20 Å². The number of hydrogen-bond acceptors (Lipinski definition) is 4. The van der Waals surface area contributed by atoms with Crippen LogP contribution in [0.5, 0.6) is 0 Å². The van der Waals surface area contributed by atoms with Crippen LogP contribution in [0.4, 0.5) is 0 Å².